The zero-order valence-corrected chi connectivity index (χ0v) is 12.5. The summed E-state index contributed by atoms with van der Waals surface area (Å²) in [6, 6.07) is 3.42. The Balaban J connectivity index is 1.56. The van der Waals surface area contributed by atoms with E-state index < -0.39 is 0 Å². The SMILES string of the molecule is CCN1CCN(C2CN(c3nc(CO)ccc3F)C2)CC1. The van der Waals surface area contributed by atoms with Crippen molar-refractivity contribution in [2.24, 2.45) is 0 Å². The van der Waals surface area contributed by atoms with Crippen LogP contribution in [-0.2, 0) is 6.61 Å². The topological polar surface area (TPSA) is 42.8 Å². The van der Waals surface area contributed by atoms with Gasteiger partial charge in [0.2, 0.25) is 0 Å². The Morgan fingerprint density at radius 2 is 1.95 bits per heavy atom. The molecule has 0 saturated carbocycles. The molecule has 116 valence electrons. The largest absolute Gasteiger partial charge is 0.390 e. The number of nitrogens with zero attached hydrogens (tertiary/aromatic N) is 4. The third kappa shape index (κ3) is 3.02. The molecule has 0 aromatic carbocycles. The summed E-state index contributed by atoms with van der Waals surface area (Å²) in [4.78, 5) is 11.1. The van der Waals surface area contributed by atoms with Crippen LogP contribution < -0.4 is 4.90 Å². The van der Waals surface area contributed by atoms with E-state index >= 15 is 0 Å². The second kappa shape index (κ2) is 6.25. The van der Waals surface area contributed by atoms with Crippen molar-refractivity contribution in [2.75, 3.05) is 50.7 Å². The van der Waals surface area contributed by atoms with Crippen LogP contribution in [-0.4, -0.2) is 71.7 Å². The third-order valence-corrected chi connectivity index (χ3v) is 4.58. The summed E-state index contributed by atoms with van der Waals surface area (Å²) in [6.45, 7) is 9.26. The summed E-state index contributed by atoms with van der Waals surface area (Å²) in [5.74, 6) is 0.0754. The molecule has 6 heteroatoms. The summed E-state index contributed by atoms with van der Waals surface area (Å²) in [5.41, 5.74) is 0.520. The molecule has 0 spiro atoms. The summed E-state index contributed by atoms with van der Waals surface area (Å²) in [6.07, 6.45) is 0. The summed E-state index contributed by atoms with van der Waals surface area (Å²) >= 11 is 0. The first-order chi connectivity index (χ1) is 10.2. The van der Waals surface area contributed by atoms with E-state index in [1.165, 1.54) is 12.1 Å². The molecule has 2 saturated heterocycles. The maximum absolute atomic E-state index is 13.8. The van der Waals surface area contributed by atoms with Gasteiger partial charge in [0.05, 0.1) is 12.3 Å². The molecule has 1 N–H and O–H groups in total. The molecule has 2 aliphatic heterocycles. The summed E-state index contributed by atoms with van der Waals surface area (Å²) < 4.78 is 13.8. The molecule has 0 unspecified atom stereocenters. The van der Waals surface area contributed by atoms with E-state index in [2.05, 4.69) is 21.7 Å². The fourth-order valence-corrected chi connectivity index (χ4v) is 3.08. The number of likely N-dealkylation sites (N-methyl/N-ethyl adjacent to an activating group) is 1. The molecule has 0 bridgehead atoms. The average molecular weight is 294 g/mol. The lowest BCUT2D eigenvalue weighted by atomic mass is 10.1. The van der Waals surface area contributed by atoms with E-state index in [4.69, 9.17) is 5.11 Å². The number of anilines is 1. The van der Waals surface area contributed by atoms with Gasteiger partial charge >= 0.3 is 0 Å². The molecule has 3 rings (SSSR count). The van der Waals surface area contributed by atoms with Crippen molar-refractivity contribution in [2.45, 2.75) is 19.6 Å². The van der Waals surface area contributed by atoms with E-state index in [0.717, 1.165) is 45.8 Å². The van der Waals surface area contributed by atoms with E-state index in [1.807, 2.05) is 4.90 Å². The van der Waals surface area contributed by atoms with Crippen molar-refractivity contribution in [1.29, 1.82) is 0 Å². The Morgan fingerprint density at radius 1 is 1.24 bits per heavy atom. The Kier molecular flexibility index (Phi) is 4.37. The molecule has 1 aromatic heterocycles. The monoisotopic (exact) mass is 294 g/mol. The van der Waals surface area contributed by atoms with Crippen LogP contribution in [0.25, 0.3) is 0 Å². The fraction of sp³-hybridized carbons (Fsp3) is 0.667. The van der Waals surface area contributed by atoms with Gasteiger partial charge in [-0.1, -0.05) is 6.92 Å². The first-order valence-corrected chi connectivity index (χ1v) is 7.69. The number of rotatable bonds is 4. The number of pyridine rings is 1. The predicted octanol–water partition coefficient (Wildman–Crippen LogP) is 0.539. The third-order valence-electron chi connectivity index (χ3n) is 4.58. The highest BCUT2D eigenvalue weighted by molar-refractivity contribution is 5.44. The van der Waals surface area contributed by atoms with Gasteiger partial charge in [0, 0.05) is 45.3 Å². The Hall–Kier alpha value is -1.24. The van der Waals surface area contributed by atoms with Crippen molar-refractivity contribution in [3.8, 4) is 0 Å². The van der Waals surface area contributed by atoms with Gasteiger partial charge in [0.1, 0.15) is 0 Å². The van der Waals surface area contributed by atoms with Gasteiger partial charge in [-0.2, -0.15) is 0 Å². The summed E-state index contributed by atoms with van der Waals surface area (Å²) in [7, 11) is 0. The second-order valence-corrected chi connectivity index (χ2v) is 5.80. The molecule has 3 heterocycles. The predicted molar refractivity (Wildman–Crippen MR) is 79.8 cm³/mol. The van der Waals surface area contributed by atoms with Crippen molar-refractivity contribution in [3.63, 3.8) is 0 Å². The molecule has 0 amide bonds. The second-order valence-electron chi connectivity index (χ2n) is 5.80. The number of aliphatic hydroxyl groups excluding tert-OH is 1. The zero-order chi connectivity index (χ0) is 14.8. The fourth-order valence-electron chi connectivity index (χ4n) is 3.08. The van der Waals surface area contributed by atoms with Crippen LogP contribution in [0.2, 0.25) is 0 Å². The minimum atomic E-state index is -0.304. The van der Waals surface area contributed by atoms with Gasteiger partial charge < -0.3 is 14.9 Å². The van der Waals surface area contributed by atoms with Crippen molar-refractivity contribution < 1.29 is 9.50 Å². The van der Waals surface area contributed by atoms with Crippen molar-refractivity contribution >= 4 is 5.82 Å². The zero-order valence-electron chi connectivity index (χ0n) is 12.5. The molecule has 0 radical (unpaired) electrons. The lowest BCUT2D eigenvalue weighted by Gasteiger charge is -2.48. The minimum Gasteiger partial charge on any atom is -0.390 e. The van der Waals surface area contributed by atoms with Gasteiger partial charge in [-0.05, 0) is 18.7 Å². The van der Waals surface area contributed by atoms with Crippen molar-refractivity contribution in [1.82, 2.24) is 14.8 Å². The number of hydrogen-bond donors (Lipinski definition) is 1. The molecule has 2 fully saturated rings. The van der Waals surface area contributed by atoms with Crippen LogP contribution in [0.5, 0.6) is 0 Å². The van der Waals surface area contributed by atoms with Crippen LogP contribution >= 0.6 is 0 Å². The highest BCUT2D eigenvalue weighted by atomic mass is 19.1. The van der Waals surface area contributed by atoms with Gasteiger partial charge in [0.25, 0.3) is 0 Å². The molecule has 1 aromatic rings. The molecule has 5 nitrogen and oxygen atoms in total. The molecular formula is C15H23FN4O. The normalized spacial score (nSPS) is 21.6. The maximum Gasteiger partial charge on any atom is 0.165 e. The van der Waals surface area contributed by atoms with E-state index in [9.17, 15) is 4.39 Å². The number of aliphatic hydroxyl groups is 1. The molecule has 21 heavy (non-hydrogen) atoms. The number of aromatic nitrogens is 1. The minimum absolute atomic E-state index is 0.149. The average Bonchev–Trinajstić information content (AvgIpc) is 2.48. The lowest BCUT2D eigenvalue weighted by Crippen LogP contribution is -2.63. The molecular weight excluding hydrogens is 271 g/mol. The highest BCUT2D eigenvalue weighted by Gasteiger charge is 2.35. The molecule has 0 atom stereocenters. The van der Waals surface area contributed by atoms with Gasteiger partial charge in [-0.25, -0.2) is 9.37 Å². The Labute approximate surface area is 125 Å². The standard InChI is InChI=1S/C15H23FN4O/c1-2-18-5-7-19(8-6-18)13-9-20(10-13)15-14(16)4-3-12(11-21)17-15/h3-4,13,21H,2,5-11H2,1H3. The van der Waals surface area contributed by atoms with Gasteiger partial charge in [0.15, 0.2) is 11.6 Å². The van der Waals surface area contributed by atoms with Crippen LogP contribution in [0, 0.1) is 5.82 Å². The first-order valence-electron chi connectivity index (χ1n) is 7.69. The number of hydrogen-bond acceptors (Lipinski definition) is 5. The Morgan fingerprint density at radius 3 is 2.57 bits per heavy atom. The van der Waals surface area contributed by atoms with E-state index in [-0.39, 0.29) is 12.4 Å². The number of halogens is 1. The van der Waals surface area contributed by atoms with Crippen LogP contribution in [0.3, 0.4) is 0 Å². The van der Waals surface area contributed by atoms with E-state index in [0.29, 0.717) is 17.6 Å². The van der Waals surface area contributed by atoms with Gasteiger partial charge in [-0.15, -0.1) is 0 Å². The quantitative estimate of drug-likeness (QED) is 0.878. The lowest BCUT2D eigenvalue weighted by molar-refractivity contribution is 0.0856. The van der Waals surface area contributed by atoms with Gasteiger partial charge in [-0.3, -0.25) is 4.90 Å². The molecule has 0 aliphatic carbocycles. The number of piperazine rings is 1. The van der Waals surface area contributed by atoms with Crippen LogP contribution in [0.1, 0.15) is 12.6 Å². The molecule has 2 aliphatic rings. The van der Waals surface area contributed by atoms with Crippen LogP contribution in [0.15, 0.2) is 12.1 Å². The maximum atomic E-state index is 13.8. The first kappa shape index (κ1) is 14.7. The smallest absolute Gasteiger partial charge is 0.165 e. The highest BCUT2D eigenvalue weighted by Crippen LogP contribution is 2.25. The van der Waals surface area contributed by atoms with Crippen LogP contribution in [0.4, 0.5) is 10.2 Å². The van der Waals surface area contributed by atoms with E-state index in [1.54, 1.807) is 0 Å². The Bertz CT molecular complexity index is 485. The summed E-state index contributed by atoms with van der Waals surface area (Å²) in [5, 5.41) is 9.11. The van der Waals surface area contributed by atoms with Crippen molar-refractivity contribution in [3.05, 3.63) is 23.6 Å².